The highest BCUT2D eigenvalue weighted by Crippen LogP contribution is 2.21. The maximum Gasteiger partial charge on any atom is 0.261 e. The molecule has 3 rings (SSSR count). The second-order valence-electron chi connectivity index (χ2n) is 5.52. The average Bonchev–Trinajstić information content (AvgIpc) is 2.62. The summed E-state index contributed by atoms with van der Waals surface area (Å²) in [4.78, 5) is 11.3. The van der Waals surface area contributed by atoms with Crippen LogP contribution in [0.25, 0.3) is 10.8 Å². The monoisotopic (exact) mass is 356 g/mol. The molecule has 0 saturated carbocycles. The number of anilines is 1. The van der Waals surface area contributed by atoms with Gasteiger partial charge in [0.1, 0.15) is 0 Å². The quantitative estimate of drug-likeness (QED) is 0.484. The fourth-order valence-corrected chi connectivity index (χ4v) is 3.56. The van der Waals surface area contributed by atoms with Gasteiger partial charge in [-0.15, -0.1) is 0 Å². The molecule has 0 heterocycles. The summed E-state index contributed by atoms with van der Waals surface area (Å²) in [5.74, 6) is -0.538. The fraction of sp³-hybridized carbons (Fsp3) is 0.0556. The summed E-state index contributed by atoms with van der Waals surface area (Å²) >= 11 is 0. The summed E-state index contributed by atoms with van der Waals surface area (Å²) in [6.45, 7) is 0. The van der Waals surface area contributed by atoms with Crippen molar-refractivity contribution >= 4 is 32.4 Å². The van der Waals surface area contributed by atoms with Crippen LogP contribution in [0.1, 0.15) is 5.56 Å². The molecule has 0 aromatic heterocycles. The molecular weight excluding hydrogens is 340 g/mol. The Morgan fingerprint density at radius 1 is 0.920 bits per heavy atom. The van der Waals surface area contributed by atoms with E-state index in [1.54, 1.807) is 47.9 Å². The van der Waals surface area contributed by atoms with Crippen LogP contribution in [0.5, 0.6) is 0 Å². The van der Waals surface area contributed by atoms with Crippen LogP contribution in [0.3, 0.4) is 0 Å². The number of amides is 1. The normalized spacial score (nSPS) is 11.2. The molecule has 0 aliphatic carbocycles. The highest BCUT2D eigenvalue weighted by Gasteiger charge is 2.14. The number of hydroxylamine groups is 1. The number of carbonyl (C=O) groups is 1. The number of hydrogen-bond acceptors (Lipinski definition) is 4. The molecule has 0 saturated heterocycles. The highest BCUT2D eigenvalue weighted by atomic mass is 32.2. The number of sulfonamides is 1. The zero-order valence-corrected chi connectivity index (χ0v) is 14.0. The van der Waals surface area contributed by atoms with Gasteiger partial charge in [-0.05, 0) is 40.6 Å². The van der Waals surface area contributed by atoms with E-state index >= 15 is 0 Å². The Morgan fingerprint density at radius 2 is 1.60 bits per heavy atom. The molecule has 7 heteroatoms. The third-order valence-electron chi connectivity index (χ3n) is 3.73. The first-order chi connectivity index (χ1) is 12.0. The van der Waals surface area contributed by atoms with Gasteiger partial charge in [-0.25, -0.2) is 13.9 Å². The van der Waals surface area contributed by atoms with Crippen LogP contribution < -0.4 is 10.2 Å². The highest BCUT2D eigenvalue weighted by molar-refractivity contribution is 7.92. The first-order valence-electron chi connectivity index (χ1n) is 7.51. The SMILES string of the molecule is O=C(Cc1ccc(NS(=O)(=O)c2ccc3ccccc3c2)cc1)NO. The van der Waals surface area contributed by atoms with Crippen LogP contribution in [0.4, 0.5) is 5.69 Å². The Morgan fingerprint density at radius 3 is 2.28 bits per heavy atom. The lowest BCUT2D eigenvalue weighted by atomic mass is 10.1. The molecule has 0 atom stereocenters. The Labute approximate surface area is 145 Å². The van der Waals surface area contributed by atoms with Crippen LogP contribution in [-0.2, 0) is 21.2 Å². The predicted molar refractivity (Wildman–Crippen MR) is 94.8 cm³/mol. The van der Waals surface area contributed by atoms with E-state index < -0.39 is 15.9 Å². The van der Waals surface area contributed by atoms with Gasteiger partial charge < -0.3 is 0 Å². The third-order valence-corrected chi connectivity index (χ3v) is 5.11. The molecule has 3 aromatic carbocycles. The number of nitrogens with one attached hydrogen (secondary N) is 2. The Hall–Kier alpha value is -2.90. The number of carbonyl (C=O) groups excluding carboxylic acids is 1. The van der Waals surface area contributed by atoms with Crippen LogP contribution in [0.15, 0.2) is 71.6 Å². The second kappa shape index (κ2) is 6.92. The number of fused-ring (bicyclic) bond motifs is 1. The summed E-state index contributed by atoms with van der Waals surface area (Å²) < 4.78 is 27.6. The van der Waals surface area contributed by atoms with E-state index in [-0.39, 0.29) is 11.3 Å². The van der Waals surface area contributed by atoms with Crippen molar-refractivity contribution in [3.05, 3.63) is 72.3 Å². The minimum absolute atomic E-state index is 0.00814. The van der Waals surface area contributed by atoms with E-state index in [4.69, 9.17) is 5.21 Å². The molecule has 3 N–H and O–H groups in total. The third kappa shape index (κ3) is 3.96. The molecule has 0 fully saturated rings. The topological polar surface area (TPSA) is 95.5 Å². The summed E-state index contributed by atoms with van der Waals surface area (Å²) in [5.41, 5.74) is 2.60. The van der Waals surface area contributed by atoms with E-state index in [9.17, 15) is 13.2 Å². The lowest BCUT2D eigenvalue weighted by Crippen LogP contribution is -2.20. The molecule has 25 heavy (non-hydrogen) atoms. The predicted octanol–water partition coefficient (Wildman–Crippen LogP) is 2.69. The Balaban J connectivity index is 1.81. The molecule has 0 aliphatic rings. The van der Waals surface area contributed by atoms with Gasteiger partial charge in [0.2, 0.25) is 5.91 Å². The number of benzene rings is 3. The molecule has 0 bridgehead atoms. The van der Waals surface area contributed by atoms with Crippen molar-refractivity contribution in [1.29, 1.82) is 0 Å². The van der Waals surface area contributed by atoms with Crippen LogP contribution >= 0.6 is 0 Å². The lowest BCUT2D eigenvalue weighted by Gasteiger charge is -2.09. The first-order valence-corrected chi connectivity index (χ1v) is 9.00. The van der Waals surface area contributed by atoms with Gasteiger partial charge in [-0.2, -0.15) is 0 Å². The van der Waals surface area contributed by atoms with Gasteiger partial charge in [0.15, 0.2) is 0 Å². The molecule has 1 amide bonds. The Kier molecular flexibility index (Phi) is 4.69. The van der Waals surface area contributed by atoms with Crippen molar-refractivity contribution in [2.45, 2.75) is 11.3 Å². The lowest BCUT2D eigenvalue weighted by molar-refractivity contribution is -0.128. The van der Waals surface area contributed by atoms with Crippen molar-refractivity contribution in [3.8, 4) is 0 Å². The van der Waals surface area contributed by atoms with E-state index in [0.29, 0.717) is 11.3 Å². The van der Waals surface area contributed by atoms with Crippen molar-refractivity contribution in [1.82, 2.24) is 5.48 Å². The largest absolute Gasteiger partial charge is 0.289 e. The van der Waals surface area contributed by atoms with E-state index in [1.807, 2.05) is 24.3 Å². The maximum absolute atomic E-state index is 12.5. The molecular formula is C18H16N2O4S. The van der Waals surface area contributed by atoms with Crippen molar-refractivity contribution in [2.24, 2.45) is 0 Å². The molecule has 128 valence electrons. The summed E-state index contributed by atoms with van der Waals surface area (Å²) in [5, 5.41) is 10.3. The van der Waals surface area contributed by atoms with Crippen LogP contribution in [0.2, 0.25) is 0 Å². The minimum atomic E-state index is -3.71. The van der Waals surface area contributed by atoms with Gasteiger partial charge >= 0.3 is 0 Å². The summed E-state index contributed by atoms with van der Waals surface area (Å²) in [6.07, 6.45) is 0.00814. The summed E-state index contributed by atoms with van der Waals surface area (Å²) in [6, 6.07) is 18.8. The number of rotatable bonds is 5. The standard InChI is InChI=1S/C18H16N2O4S/c21-18(19-22)11-13-5-8-16(9-6-13)20-25(23,24)17-10-7-14-3-1-2-4-15(14)12-17/h1-10,12,20,22H,11H2,(H,19,21). The number of hydrogen-bond donors (Lipinski definition) is 3. The fourth-order valence-electron chi connectivity index (χ4n) is 2.46. The van der Waals surface area contributed by atoms with Crippen molar-refractivity contribution in [2.75, 3.05) is 4.72 Å². The van der Waals surface area contributed by atoms with E-state index in [0.717, 1.165) is 10.8 Å². The van der Waals surface area contributed by atoms with Crippen molar-refractivity contribution in [3.63, 3.8) is 0 Å². The molecule has 0 unspecified atom stereocenters. The summed E-state index contributed by atoms with van der Waals surface area (Å²) in [7, 11) is -3.71. The first kappa shape index (κ1) is 16.9. The average molecular weight is 356 g/mol. The van der Waals surface area contributed by atoms with Gasteiger partial charge in [0.05, 0.1) is 11.3 Å². The van der Waals surface area contributed by atoms with Crippen molar-refractivity contribution < 1.29 is 18.4 Å². The zero-order chi connectivity index (χ0) is 17.9. The van der Waals surface area contributed by atoms with Crippen LogP contribution in [0, 0.1) is 0 Å². The van der Waals surface area contributed by atoms with Gasteiger partial charge in [0, 0.05) is 5.69 Å². The molecule has 0 radical (unpaired) electrons. The van der Waals surface area contributed by atoms with Gasteiger partial charge in [-0.1, -0.05) is 42.5 Å². The second-order valence-corrected chi connectivity index (χ2v) is 7.21. The van der Waals surface area contributed by atoms with Gasteiger partial charge in [-0.3, -0.25) is 14.7 Å². The van der Waals surface area contributed by atoms with E-state index in [1.165, 1.54) is 0 Å². The van der Waals surface area contributed by atoms with Gasteiger partial charge in [0.25, 0.3) is 10.0 Å². The molecule has 0 aliphatic heterocycles. The minimum Gasteiger partial charge on any atom is -0.289 e. The Bertz CT molecular complexity index is 1010. The molecule has 6 nitrogen and oxygen atoms in total. The van der Waals surface area contributed by atoms with E-state index in [2.05, 4.69) is 4.72 Å². The molecule has 0 spiro atoms. The van der Waals surface area contributed by atoms with Crippen LogP contribution in [-0.4, -0.2) is 19.5 Å². The smallest absolute Gasteiger partial charge is 0.261 e. The zero-order valence-electron chi connectivity index (χ0n) is 13.1. The molecule has 3 aromatic rings. The maximum atomic E-state index is 12.5.